The Balaban J connectivity index is 3.56. The van der Waals surface area contributed by atoms with Gasteiger partial charge in [-0.15, -0.1) is 0 Å². The minimum absolute atomic E-state index is 0.0281. The molecule has 0 aliphatic carbocycles. The molecule has 0 bridgehead atoms. The third kappa shape index (κ3) is 12.2. The maximum absolute atomic E-state index is 11.0. The van der Waals surface area contributed by atoms with Gasteiger partial charge in [0, 0.05) is 12.8 Å². The summed E-state index contributed by atoms with van der Waals surface area (Å²) in [6, 6.07) is 0. The van der Waals surface area contributed by atoms with Crippen LogP contribution in [-0.4, -0.2) is 50.2 Å². The molecule has 0 fully saturated rings. The second-order valence-electron chi connectivity index (χ2n) is 4.74. The van der Waals surface area contributed by atoms with Crippen LogP contribution in [-0.2, 0) is 23.8 Å². The molecule has 0 aromatic heterocycles. The van der Waals surface area contributed by atoms with Crippen LogP contribution in [0.25, 0.3) is 0 Å². The lowest BCUT2D eigenvalue weighted by Crippen LogP contribution is -2.24. The van der Waals surface area contributed by atoms with E-state index in [4.69, 9.17) is 14.2 Å². The van der Waals surface area contributed by atoms with Crippen LogP contribution < -0.4 is 0 Å². The molecule has 0 N–H and O–H groups in total. The highest BCUT2D eigenvalue weighted by atomic mass is 16.6. The number of hydrogen-bond donors (Lipinski definition) is 0. The maximum Gasteiger partial charge on any atom is 0.157 e. The number of allylic oxidation sites excluding steroid dienone is 2. The Hall–Kier alpha value is -1.30. The number of ketones is 2. The van der Waals surface area contributed by atoms with E-state index in [1.165, 1.54) is 12.2 Å². The van der Waals surface area contributed by atoms with Gasteiger partial charge in [0.15, 0.2) is 11.6 Å². The van der Waals surface area contributed by atoms with Gasteiger partial charge >= 0.3 is 0 Å². The standard InChI is InChI=1S/C16H26O5/c1-5-15(17)7-9-19-11-13(3)21-12-14(4)20-10-8-16(18)6-2/h5-6,13-14H,1-2,7-12H2,3-4H3. The van der Waals surface area contributed by atoms with Crippen LogP contribution in [0.4, 0.5) is 0 Å². The second-order valence-corrected chi connectivity index (χ2v) is 4.74. The molecule has 0 spiro atoms. The molecule has 0 aliphatic rings. The maximum atomic E-state index is 11.0. The molecular formula is C16H26O5. The van der Waals surface area contributed by atoms with Crippen LogP contribution in [0.5, 0.6) is 0 Å². The third-order valence-corrected chi connectivity index (χ3v) is 2.67. The summed E-state index contributed by atoms with van der Waals surface area (Å²) in [5.74, 6) is -0.0568. The van der Waals surface area contributed by atoms with E-state index >= 15 is 0 Å². The third-order valence-electron chi connectivity index (χ3n) is 2.67. The lowest BCUT2D eigenvalue weighted by Gasteiger charge is -2.17. The molecule has 0 saturated heterocycles. The summed E-state index contributed by atoms with van der Waals surface area (Å²) < 4.78 is 16.3. The lowest BCUT2D eigenvalue weighted by molar-refractivity contribution is -0.116. The predicted octanol–water partition coefficient (Wildman–Crippen LogP) is 2.10. The van der Waals surface area contributed by atoms with Gasteiger partial charge in [-0.25, -0.2) is 0 Å². The molecule has 21 heavy (non-hydrogen) atoms. The Morgan fingerprint density at radius 3 is 2.00 bits per heavy atom. The van der Waals surface area contributed by atoms with E-state index in [0.29, 0.717) is 39.3 Å². The van der Waals surface area contributed by atoms with Gasteiger partial charge in [0.1, 0.15) is 0 Å². The zero-order valence-electron chi connectivity index (χ0n) is 13.0. The van der Waals surface area contributed by atoms with Gasteiger partial charge in [0.05, 0.1) is 38.6 Å². The minimum atomic E-state index is -0.0904. The summed E-state index contributed by atoms with van der Waals surface area (Å²) >= 11 is 0. The van der Waals surface area contributed by atoms with Gasteiger partial charge in [-0.1, -0.05) is 13.2 Å². The first-order valence-corrected chi connectivity index (χ1v) is 7.11. The Morgan fingerprint density at radius 1 is 0.905 bits per heavy atom. The lowest BCUT2D eigenvalue weighted by atomic mass is 10.3. The molecule has 0 amide bonds. The van der Waals surface area contributed by atoms with Crippen molar-refractivity contribution in [3.05, 3.63) is 25.3 Å². The van der Waals surface area contributed by atoms with Crippen molar-refractivity contribution in [3.63, 3.8) is 0 Å². The summed E-state index contributed by atoms with van der Waals surface area (Å²) in [4.78, 5) is 22.0. The molecule has 5 nitrogen and oxygen atoms in total. The number of ether oxygens (including phenoxy) is 3. The molecule has 120 valence electrons. The topological polar surface area (TPSA) is 61.8 Å². The number of hydrogen-bond acceptors (Lipinski definition) is 5. The predicted molar refractivity (Wildman–Crippen MR) is 81.3 cm³/mol. The summed E-state index contributed by atoms with van der Waals surface area (Å²) in [7, 11) is 0. The van der Waals surface area contributed by atoms with E-state index < -0.39 is 0 Å². The van der Waals surface area contributed by atoms with Crippen molar-refractivity contribution in [2.45, 2.75) is 38.9 Å². The van der Waals surface area contributed by atoms with Gasteiger partial charge < -0.3 is 14.2 Å². The van der Waals surface area contributed by atoms with Crippen molar-refractivity contribution < 1.29 is 23.8 Å². The van der Waals surface area contributed by atoms with Gasteiger partial charge in [-0.05, 0) is 26.0 Å². The minimum Gasteiger partial charge on any atom is -0.378 e. The van der Waals surface area contributed by atoms with E-state index in [9.17, 15) is 9.59 Å². The fraction of sp³-hybridized carbons (Fsp3) is 0.625. The molecule has 0 saturated carbocycles. The molecule has 2 unspecified atom stereocenters. The van der Waals surface area contributed by atoms with Gasteiger partial charge in [0.2, 0.25) is 0 Å². The first kappa shape index (κ1) is 19.7. The monoisotopic (exact) mass is 298 g/mol. The van der Waals surface area contributed by atoms with Crippen LogP contribution in [0.15, 0.2) is 25.3 Å². The highest BCUT2D eigenvalue weighted by Gasteiger charge is 2.08. The Labute approximate surface area is 126 Å². The summed E-state index contributed by atoms with van der Waals surface area (Å²) in [5, 5.41) is 0. The smallest absolute Gasteiger partial charge is 0.157 e. The molecule has 0 aromatic rings. The highest BCUT2D eigenvalue weighted by molar-refractivity contribution is 5.89. The number of carbonyl (C=O) groups is 2. The summed E-state index contributed by atoms with van der Waals surface area (Å²) in [6.07, 6.45) is 3.09. The quantitative estimate of drug-likeness (QED) is 0.363. The van der Waals surface area contributed by atoms with Crippen molar-refractivity contribution in [2.24, 2.45) is 0 Å². The summed E-state index contributed by atoms with van der Waals surface area (Å²) in [5.41, 5.74) is 0. The molecule has 0 aliphatic heterocycles. The Bertz CT molecular complexity index is 338. The van der Waals surface area contributed by atoms with Crippen molar-refractivity contribution in [1.82, 2.24) is 0 Å². The van der Waals surface area contributed by atoms with E-state index in [1.54, 1.807) is 0 Å². The second kappa shape index (κ2) is 12.4. The van der Waals surface area contributed by atoms with E-state index in [2.05, 4.69) is 13.2 Å². The van der Waals surface area contributed by atoms with Crippen molar-refractivity contribution >= 4 is 11.6 Å². The molecular weight excluding hydrogens is 272 g/mol. The Kier molecular flexibility index (Phi) is 11.7. The van der Waals surface area contributed by atoms with Gasteiger partial charge in [-0.3, -0.25) is 9.59 Å². The SMILES string of the molecule is C=CC(=O)CCOCC(C)OCC(C)OCCC(=O)C=C. The Morgan fingerprint density at radius 2 is 1.43 bits per heavy atom. The zero-order valence-corrected chi connectivity index (χ0v) is 13.0. The first-order chi connectivity index (χ1) is 9.99. The normalized spacial score (nSPS) is 13.4. The average molecular weight is 298 g/mol. The number of carbonyl (C=O) groups excluding carboxylic acids is 2. The van der Waals surface area contributed by atoms with E-state index in [1.807, 2.05) is 13.8 Å². The molecule has 0 radical (unpaired) electrons. The van der Waals surface area contributed by atoms with E-state index in [-0.39, 0.29) is 23.8 Å². The van der Waals surface area contributed by atoms with Crippen molar-refractivity contribution in [3.8, 4) is 0 Å². The highest BCUT2D eigenvalue weighted by Crippen LogP contribution is 2.00. The molecule has 2 atom stereocenters. The summed E-state index contributed by atoms with van der Waals surface area (Å²) in [6.45, 7) is 12.2. The average Bonchev–Trinajstić information content (AvgIpc) is 2.48. The molecule has 0 heterocycles. The van der Waals surface area contributed by atoms with Crippen molar-refractivity contribution in [2.75, 3.05) is 26.4 Å². The van der Waals surface area contributed by atoms with Crippen LogP contribution in [0.3, 0.4) is 0 Å². The zero-order chi connectivity index (χ0) is 16.1. The van der Waals surface area contributed by atoms with Crippen LogP contribution in [0.2, 0.25) is 0 Å². The fourth-order valence-electron chi connectivity index (χ4n) is 1.38. The molecule has 0 aromatic carbocycles. The van der Waals surface area contributed by atoms with Gasteiger partial charge in [0.25, 0.3) is 0 Å². The molecule has 0 rings (SSSR count). The molecule has 5 heteroatoms. The number of rotatable bonds is 14. The van der Waals surface area contributed by atoms with Crippen LogP contribution in [0.1, 0.15) is 26.7 Å². The first-order valence-electron chi connectivity index (χ1n) is 7.11. The fourth-order valence-corrected chi connectivity index (χ4v) is 1.38. The van der Waals surface area contributed by atoms with Crippen LogP contribution in [0, 0.1) is 0 Å². The van der Waals surface area contributed by atoms with Gasteiger partial charge in [-0.2, -0.15) is 0 Å². The van der Waals surface area contributed by atoms with E-state index in [0.717, 1.165) is 0 Å². The van der Waals surface area contributed by atoms with Crippen LogP contribution >= 0.6 is 0 Å². The largest absolute Gasteiger partial charge is 0.378 e. The van der Waals surface area contributed by atoms with Crippen molar-refractivity contribution in [1.29, 1.82) is 0 Å².